The fourth-order valence-electron chi connectivity index (χ4n) is 3.60. The first-order valence-electron chi connectivity index (χ1n) is 8.65. The highest BCUT2D eigenvalue weighted by Crippen LogP contribution is 2.38. The molecule has 2 aromatic carbocycles. The molecule has 132 valence electrons. The molecule has 1 aliphatic rings. The van der Waals surface area contributed by atoms with E-state index in [1.54, 1.807) is 11.0 Å². The van der Waals surface area contributed by atoms with Crippen LogP contribution in [0, 0.1) is 6.92 Å². The van der Waals surface area contributed by atoms with Gasteiger partial charge in [0.25, 0.3) is 5.91 Å². The van der Waals surface area contributed by atoms with E-state index in [2.05, 4.69) is 15.9 Å². The van der Waals surface area contributed by atoms with Crippen LogP contribution < -0.4 is 5.43 Å². The second-order valence-electron chi connectivity index (χ2n) is 6.63. The first-order chi connectivity index (χ1) is 12.5. The predicted octanol–water partition coefficient (Wildman–Crippen LogP) is 4.82. The van der Waals surface area contributed by atoms with E-state index in [0.717, 1.165) is 22.0 Å². The molecule has 26 heavy (non-hydrogen) atoms. The van der Waals surface area contributed by atoms with E-state index in [1.807, 2.05) is 50.2 Å². The van der Waals surface area contributed by atoms with E-state index in [9.17, 15) is 9.59 Å². The quantitative estimate of drug-likeness (QED) is 0.620. The van der Waals surface area contributed by atoms with Crippen molar-refractivity contribution in [1.29, 1.82) is 0 Å². The molecule has 1 atom stereocenters. The molecule has 5 heteroatoms. The minimum absolute atomic E-state index is 0.121. The number of nitrogens with zero attached hydrogens (tertiary/aromatic N) is 1. The van der Waals surface area contributed by atoms with Crippen molar-refractivity contribution < 1.29 is 9.21 Å². The van der Waals surface area contributed by atoms with Gasteiger partial charge in [-0.25, -0.2) is 0 Å². The van der Waals surface area contributed by atoms with Crippen molar-refractivity contribution in [3.05, 3.63) is 79.6 Å². The molecule has 1 amide bonds. The Morgan fingerprint density at radius 1 is 1.12 bits per heavy atom. The van der Waals surface area contributed by atoms with E-state index in [-0.39, 0.29) is 17.1 Å². The summed E-state index contributed by atoms with van der Waals surface area (Å²) in [6, 6.07) is 12.8. The molecular formula is C21H18BrNO3. The first-order valence-corrected chi connectivity index (χ1v) is 9.44. The lowest BCUT2D eigenvalue weighted by Crippen LogP contribution is -2.30. The maximum Gasteiger partial charge on any atom is 0.290 e. The average Bonchev–Trinajstić information content (AvgIpc) is 2.90. The highest BCUT2D eigenvalue weighted by Gasteiger charge is 2.42. The van der Waals surface area contributed by atoms with Crippen LogP contribution >= 0.6 is 15.9 Å². The second-order valence-corrected chi connectivity index (χ2v) is 7.54. The van der Waals surface area contributed by atoms with Crippen LogP contribution in [0.15, 0.2) is 56.1 Å². The number of amides is 1. The molecule has 4 nitrogen and oxygen atoms in total. The van der Waals surface area contributed by atoms with Gasteiger partial charge in [0.2, 0.25) is 5.76 Å². The highest BCUT2D eigenvalue weighted by atomic mass is 79.9. The molecule has 4 rings (SSSR count). The van der Waals surface area contributed by atoms with E-state index < -0.39 is 6.04 Å². The van der Waals surface area contributed by atoms with Crippen LogP contribution in [-0.4, -0.2) is 17.4 Å². The molecule has 3 aromatic rings. The van der Waals surface area contributed by atoms with Gasteiger partial charge in [-0.3, -0.25) is 9.59 Å². The molecule has 0 saturated heterocycles. The first kappa shape index (κ1) is 17.0. The normalized spacial score (nSPS) is 16.3. The van der Waals surface area contributed by atoms with Gasteiger partial charge in [0, 0.05) is 11.0 Å². The molecule has 1 aromatic heterocycles. The Morgan fingerprint density at radius 2 is 1.85 bits per heavy atom. The third-order valence-electron chi connectivity index (χ3n) is 4.77. The molecule has 0 radical (unpaired) electrons. The molecule has 0 bridgehead atoms. The molecule has 0 saturated carbocycles. The van der Waals surface area contributed by atoms with E-state index in [4.69, 9.17) is 4.42 Å². The summed E-state index contributed by atoms with van der Waals surface area (Å²) in [5.41, 5.74) is 2.68. The zero-order valence-electron chi connectivity index (χ0n) is 14.6. The molecule has 0 aliphatic carbocycles. The van der Waals surface area contributed by atoms with E-state index >= 15 is 0 Å². The summed E-state index contributed by atoms with van der Waals surface area (Å²) < 4.78 is 6.86. The number of aryl methyl sites for hydroxylation is 1. The highest BCUT2D eigenvalue weighted by molar-refractivity contribution is 9.10. The minimum atomic E-state index is -0.410. The Balaban J connectivity index is 2.01. The topological polar surface area (TPSA) is 50.5 Å². The molecule has 1 aliphatic heterocycles. The van der Waals surface area contributed by atoms with Crippen molar-refractivity contribution in [3.63, 3.8) is 0 Å². The summed E-state index contributed by atoms with van der Waals surface area (Å²) in [7, 11) is 0. The maximum absolute atomic E-state index is 13.3. The summed E-state index contributed by atoms with van der Waals surface area (Å²) in [5, 5.41) is 0.525. The van der Waals surface area contributed by atoms with Gasteiger partial charge >= 0.3 is 0 Å². The number of halogens is 1. The summed E-state index contributed by atoms with van der Waals surface area (Å²) >= 11 is 3.44. The SMILES string of the molecule is CCCN1C(=O)c2oc3ccc(C)cc3c(=O)c2[C@H]1c1ccc(Br)cc1. The Bertz CT molecular complexity index is 1070. The van der Waals surface area contributed by atoms with Crippen LogP contribution in [-0.2, 0) is 0 Å². The Labute approximate surface area is 159 Å². The van der Waals surface area contributed by atoms with Crippen molar-refractivity contribution in [3.8, 4) is 0 Å². The number of fused-ring (bicyclic) bond motifs is 2. The monoisotopic (exact) mass is 411 g/mol. The van der Waals surface area contributed by atoms with Crippen molar-refractivity contribution in [2.45, 2.75) is 26.3 Å². The van der Waals surface area contributed by atoms with Crippen molar-refractivity contribution in [2.75, 3.05) is 6.54 Å². The van der Waals surface area contributed by atoms with Gasteiger partial charge in [-0.2, -0.15) is 0 Å². The van der Waals surface area contributed by atoms with Gasteiger partial charge in [-0.05, 0) is 43.2 Å². The molecule has 0 unspecified atom stereocenters. The van der Waals surface area contributed by atoms with Crippen molar-refractivity contribution >= 4 is 32.8 Å². The Morgan fingerprint density at radius 3 is 2.54 bits per heavy atom. The molecule has 2 heterocycles. The summed E-state index contributed by atoms with van der Waals surface area (Å²) in [4.78, 5) is 28.0. The molecule has 0 spiro atoms. The van der Waals surface area contributed by atoms with Gasteiger partial charge in [-0.15, -0.1) is 0 Å². The molecule has 0 N–H and O–H groups in total. The van der Waals surface area contributed by atoms with Gasteiger partial charge in [0.15, 0.2) is 5.43 Å². The number of hydrogen-bond donors (Lipinski definition) is 0. The predicted molar refractivity (Wildman–Crippen MR) is 105 cm³/mol. The number of hydrogen-bond acceptors (Lipinski definition) is 3. The van der Waals surface area contributed by atoms with E-state index in [0.29, 0.717) is 23.1 Å². The van der Waals surface area contributed by atoms with Crippen LogP contribution in [0.25, 0.3) is 11.0 Å². The fraction of sp³-hybridized carbons (Fsp3) is 0.238. The minimum Gasteiger partial charge on any atom is -0.450 e. The zero-order valence-corrected chi connectivity index (χ0v) is 16.2. The number of carbonyl (C=O) groups excluding carboxylic acids is 1. The standard InChI is InChI=1S/C21H18BrNO3/c1-3-10-23-18(13-5-7-14(22)8-6-13)17-19(24)15-11-12(2)4-9-16(15)26-20(17)21(23)25/h4-9,11,18H,3,10H2,1-2H3/t18-/m1/s1. The Kier molecular flexibility index (Phi) is 4.19. The van der Waals surface area contributed by atoms with Crippen molar-refractivity contribution in [1.82, 2.24) is 4.90 Å². The lowest BCUT2D eigenvalue weighted by molar-refractivity contribution is 0.0728. The van der Waals surface area contributed by atoms with Crippen LogP contribution in [0.3, 0.4) is 0 Å². The number of rotatable bonds is 3. The van der Waals surface area contributed by atoms with Gasteiger partial charge < -0.3 is 9.32 Å². The maximum atomic E-state index is 13.3. The third-order valence-corrected chi connectivity index (χ3v) is 5.30. The van der Waals surface area contributed by atoms with E-state index in [1.165, 1.54) is 0 Å². The summed E-state index contributed by atoms with van der Waals surface area (Å²) in [6.45, 7) is 4.52. The van der Waals surface area contributed by atoms with Crippen LogP contribution in [0.4, 0.5) is 0 Å². The lowest BCUT2D eigenvalue weighted by atomic mass is 9.98. The Hall–Kier alpha value is -2.40. The van der Waals surface area contributed by atoms with Crippen molar-refractivity contribution in [2.24, 2.45) is 0 Å². The number of benzene rings is 2. The average molecular weight is 412 g/mol. The lowest BCUT2D eigenvalue weighted by Gasteiger charge is -2.24. The van der Waals surface area contributed by atoms with Crippen LogP contribution in [0.1, 0.15) is 46.6 Å². The van der Waals surface area contributed by atoms with Gasteiger partial charge in [-0.1, -0.05) is 46.6 Å². The summed E-state index contributed by atoms with van der Waals surface area (Å²) in [6.07, 6.45) is 0.805. The zero-order chi connectivity index (χ0) is 18.4. The third kappa shape index (κ3) is 2.58. The van der Waals surface area contributed by atoms with Gasteiger partial charge in [0.05, 0.1) is 17.0 Å². The fourth-order valence-corrected chi connectivity index (χ4v) is 3.86. The van der Waals surface area contributed by atoms with Crippen LogP contribution in [0.2, 0.25) is 0 Å². The molecular weight excluding hydrogens is 394 g/mol. The van der Waals surface area contributed by atoms with Gasteiger partial charge in [0.1, 0.15) is 5.58 Å². The largest absolute Gasteiger partial charge is 0.450 e. The summed E-state index contributed by atoms with van der Waals surface area (Å²) in [5.74, 6) is -0.0398. The van der Waals surface area contributed by atoms with Crippen LogP contribution in [0.5, 0.6) is 0 Å². The number of carbonyl (C=O) groups is 1. The smallest absolute Gasteiger partial charge is 0.290 e. The second kappa shape index (κ2) is 6.40. The molecule has 0 fully saturated rings.